The van der Waals surface area contributed by atoms with Gasteiger partial charge in [-0.05, 0) is 40.0 Å². The second-order valence-electron chi connectivity index (χ2n) is 4.74. The van der Waals surface area contributed by atoms with E-state index in [1.165, 1.54) is 0 Å². The van der Waals surface area contributed by atoms with Crippen LogP contribution in [0.2, 0.25) is 5.02 Å². The summed E-state index contributed by atoms with van der Waals surface area (Å²) in [6.45, 7) is 1.95. The Morgan fingerprint density at radius 3 is 2.65 bits per heavy atom. The van der Waals surface area contributed by atoms with Crippen molar-refractivity contribution in [2.45, 2.75) is 13.0 Å². The number of nitrogens with two attached hydrogens (primary N) is 1. The number of fused-ring (bicyclic) bond motifs is 1. The Hall–Kier alpha value is -1.36. The van der Waals surface area contributed by atoms with Crippen molar-refractivity contribution < 1.29 is 0 Å². The van der Waals surface area contributed by atoms with E-state index in [0.717, 1.165) is 32.2 Å². The number of aromatic amines is 1. The molecule has 0 aliphatic heterocycles. The number of aromatic nitrogens is 2. The zero-order valence-electron chi connectivity index (χ0n) is 10.8. The molecule has 0 aliphatic carbocycles. The number of rotatable bonds is 2. The molecule has 1 heterocycles. The average molecular weight is 351 g/mol. The van der Waals surface area contributed by atoms with Crippen LogP contribution in [0.4, 0.5) is 0 Å². The summed E-state index contributed by atoms with van der Waals surface area (Å²) in [5.74, 6) is 0. The van der Waals surface area contributed by atoms with Gasteiger partial charge < -0.3 is 5.73 Å². The lowest BCUT2D eigenvalue weighted by Crippen LogP contribution is -2.07. The van der Waals surface area contributed by atoms with Gasteiger partial charge in [-0.2, -0.15) is 5.10 Å². The lowest BCUT2D eigenvalue weighted by molar-refractivity contribution is 0.821. The van der Waals surface area contributed by atoms with Crippen LogP contribution in [0, 0.1) is 0 Å². The maximum atomic E-state index is 6.37. The number of halogens is 2. The predicted octanol–water partition coefficient (Wildman–Crippen LogP) is 4.67. The van der Waals surface area contributed by atoms with E-state index in [1.54, 1.807) is 0 Å². The third-order valence-corrected chi connectivity index (χ3v) is 4.19. The molecule has 0 amide bonds. The van der Waals surface area contributed by atoms with Gasteiger partial charge >= 0.3 is 0 Å². The van der Waals surface area contributed by atoms with E-state index >= 15 is 0 Å². The fourth-order valence-corrected chi connectivity index (χ4v) is 3.31. The van der Waals surface area contributed by atoms with Crippen molar-refractivity contribution in [1.82, 2.24) is 10.2 Å². The first-order valence-electron chi connectivity index (χ1n) is 6.26. The first-order valence-corrected chi connectivity index (χ1v) is 7.43. The molecule has 0 bridgehead atoms. The summed E-state index contributed by atoms with van der Waals surface area (Å²) in [7, 11) is 0. The van der Waals surface area contributed by atoms with Gasteiger partial charge in [0.1, 0.15) is 10.1 Å². The molecule has 5 heteroatoms. The van der Waals surface area contributed by atoms with E-state index in [-0.39, 0.29) is 6.04 Å². The van der Waals surface area contributed by atoms with E-state index in [2.05, 4.69) is 38.3 Å². The summed E-state index contributed by atoms with van der Waals surface area (Å²) in [4.78, 5) is 0. The van der Waals surface area contributed by atoms with E-state index in [1.807, 2.05) is 31.2 Å². The lowest BCUT2D eigenvalue weighted by Gasteiger charge is -2.15. The molecular weight excluding hydrogens is 338 g/mol. The highest BCUT2D eigenvalue weighted by Crippen LogP contribution is 2.40. The Morgan fingerprint density at radius 2 is 2.00 bits per heavy atom. The Kier molecular flexibility index (Phi) is 3.54. The highest BCUT2D eigenvalue weighted by molar-refractivity contribution is 9.10. The first-order chi connectivity index (χ1) is 9.59. The van der Waals surface area contributed by atoms with Crippen LogP contribution in [-0.4, -0.2) is 10.2 Å². The highest BCUT2D eigenvalue weighted by Gasteiger charge is 2.19. The highest BCUT2D eigenvalue weighted by atomic mass is 79.9. The van der Waals surface area contributed by atoms with Gasteiger partial charge in [-0.25, -0.2) is 0 Å². The van der Waals surface area contributed by atoms with E-state index in [4.69, 9.17) is 17.3 Å². The molecule has 1 atom stereocenters. The molecule has 0 spiro atoms. The fraction of sp³-hybridized carbons (Fsp3) is 0.133. The van der Waals surface area contributed by atoms with Gasteiger partial charge in [-0.15, -0.1) is 0 Å². The van der Waals surface area contributed by atoms with Gasteiger partial charge in [0, 0.05) is 11.6 Å². The van der Waals surface area contributed by atoms with Crippen molar-refractivity contribution in [3.63, 3.8) is 0 Å². The van der Waals surface area contributed by atoms with Crippen LogP contribution in [0.15, 0.2) is 41.0 Å². The molecule has 0 radical (unpaired) electrons. The third-order valence-electron chi connectivity index (χ3n) is 3.32. The van der Waals surface area contributed by atoms with Crippen LogP contribution >= 0.6 is 27.5 Å². The molecule has 20 heavy (non-hydrogen) atoms. The molecule has 0 aliphatic rings. The third kappa shape index (κ3) is 2.14. The number of H-pyrrole nitrogens is 1. The zero-order valence-corrected chi connectivity index (χ0v) is 13.2. The number of hydrogen-bond acceptors (Lipinski definition) is 2. The minimum absolute atomic E-state index is 0.123. The molecule has 1 unspecified atom stereocenters. The molecule has 102 valence electrons. The number of hydrogen-bond donors (Lipinski definition) is 2. The molecule has 0 fully saturated rings. The van der Waals surface area contributed by atoms with Gasteiger partial charge in [0.05, 0.1) is 10.4 Å². The molecular formula is C15H13BrClN3. The van der Waals surface area contributed by atoms with Crippen molar-refractivity contribution in [3.8, 4) is 11.1 Å². The lowest BCUT2D eigenvalue weighted by atomic mass is 9.94. The Morgan fingerprint density at radius 1 is 1.30 bits per heavy atom. The average Bonchev–Trinajstić information content (AvgIpc) is 2.82. The summed E-state index contributed by atoms with van der Waals surface area (Å²) >= 11 is 9.82. The standard InChI is InChI=1S/C15H13BrClN3/c1-8(18)10-7-11(17)13-14(19-20-15(13)16)12(10)9-5-3-2-4-6-9/h2-8H,18H2,1H3,(H,19,20). The Bertz CT molecular complexity index is 766. The van der Waals surface area contributed by atoms with Crippen LogP contribution in [-0.2, 0) is 0 Å². The van der Waals surface area contributed by atoms with Gasteiger partial charge in [-0.3, -0.25) is 5.10 Å². The Labute approximate surface area is 130 Å². The van der Waals surface area contributed by atoms with Crippen molar-refractivity contribution in [2.24, 2.45) is 5.73 Å². The van der Waals surface area contributed by atoms with Gasteiger partial charge in [0.25, 0.3) is 0 Å². The summed E-state index contributed by atoms with van der Waals surface area (Å²) in [5.41, 5.74) is 10.1. The fourth-order valence-electron chi connectivity index (χ4n) is 2.40. The molecule has 1 aromatic heterocycles. The molecule has 3 aromatic rings. The molecule has 0 saturated carbocycles. The SMILES string of the molecule is CC(N)c1cc(Cl)c2c(Br)[nH]nc2c1-c1ccccc1. The number of nitrogens with one attached hydrogen (secondary N) is 1. The molecule has 2 aromatic carbocycles. The quantitative estimate of drug-likeness (QED) is 0.706. The van der Waals surface area contributed by atoms with E-state index < -0.39 is 0 Å². The maximum absolute atomic E-state index is 6.37. The van der Waals surface area contributed by atoms with Crippen LogP contribution in [0.25, 0.3) is 22.0 Å². The van der Waals surface area contributed by atoms with Crippen LogP contribution < -0.4 is 5.73 Å². The second kappa shape index (κ2) is 5.20. The number of nitrogens with zero attached hydrogens (tertiary/aromatic N) is 1. The van der Waals surface area contributed by atoms with Crippen molar-refractivity contribution >= 4 is 38.4 Å². The summed E-state index contributed by atoms with van der Waals surface area (Å²) < 4.78 is 0.783. The van der Waals surface area contributed by atoms with E-state index in [9.17, 15) is 0 Å². The van der Waals surface area contributed by atoms with Gasteiger partial charge in [-0.1, -0.05) is 41.9 Å². The molecule has 3 N–H and O–H groups in total. The second-order valence-corrected chi connectivity index (χ2v) is 5.94. The van der Waals surface area contributed by atoms with Gasteiger partial charge in [0.2, 0.25) is 0 Å². The first kappa shape index (κ1) is 13.6. The van der Waals surface area contributed by atoms with Gasteiger partial charge in [0.15, 0.2) is 0 Å². The number of benzene rings is 2. The monoisotopic (exact) mass is 349 g/mol. The predicted molar refractivity (Wildman–Crippen MR) is 86.8 cm³/mol. The summed E-state index contributed by atoms with van der Waals surface area (Å²) in [6, 6.07) is 11.9. The smallest absolute Gasteiger partial charge is 0.110 e. The minimum atomic E-state index is -0.123. The van der Waals surface area contributed by atoms with E-state index in [0.29, 0.717) is 5.02 Å². The summed E-state index contributed by atoms with van der Waals surface area (Å²) in [5, 5.41) is 8.85. The van der Waals surface area contributed by atoms with Crippen molar-refractivity contribution in [2.75, 3.05) is 0 Å². The van der Waals surface area contributed by atoms with Crippen LogP contribution in [0.3, 0.4) is 0 Å². The van der Waals surface area contributed by atoms with Crippen LogP contribution in [0.5, 0.6) is 0 Å². The normalized spacial score (nSPS) is 12.8. The molecule has 3 rings (SSSR count). The maximum Gasteiger partial charge on any atom is 0.110 e. The largest absolute Gasteiger partial charge is 0.324 e. The van der Waals surface area contributed by atoms with Crippen molar-refractivity contribution in [3.05, 3.63) is 51.6 Å². The minimum Gasteiger partial charge on any atom is -0.324 e. The molecule has 3 nitrogen and oxygen atoms in total. The molecule has 0 saturated heterocycles. The zero-order chi connectivity index (χ0) is 14.3. The topological polar surface area (TPSA) is 54.7 Å². The van der Waals surface area contributed by atoms with Crippen LogP contribution in [0.1, 0.15) is 18.5 Å². The summed E-state index contributed by atoms with van der Waals surface area (Å²) in [6.07, 6.45) is 0. The Balaban J connectivity index is 2.44. The van der Waals surface area contributed by atoms with Crippen molar-refractivity contribution in [1.29, 1.82) is 0 Å².